The topological polar surface area (TPSA) is 66.4 Å². The first-order valence-corrected chi connectivity index (χ1v) is 3.41. The van der Waals surface area contributed by atoms with E-state index < -0.39 is 16.9 Å². The van der Waals surface area contributed by atoms with Gasteiger partial charge in [-0.3, -0.25) is 4.79 Å². The van der Waals surface area contributed by atoms with E-state index in [0.717, 1.165) is 0 Å². The van der Waals surface area contributed by atoms with E-state index in [4.69, 9.17) is 16.7 Å². The Hall–Kier alpha value is -0.770. The second kappa shape index (κ2) is 3.57. The van der Waals surface area contributed by atoms with Crippen LogP contribution in [-0.2, 0) is 4.79 Å². The fourth-order valence-corrected chi connectivity index (χ4v) is 1.02. The number of amides is 1. The van der Waals surface area contributed by atoms with Crippen molar-refractivity contribution in [2.24, 2.45) is 0 Å². The van der Waals surface area contributed by atoms with E-state index in [-0.39, 0.29) is 6.42 Å². The molecule has 0 unspecified atom stereocenters. The van der Waals surface area contributed by atoms with Crippen LogP contribution in [0.15, 0.2) is 0 Å². The lowest BCUT2D eigenvalue weighted by molar-refractivity contribution is -0.112. The highest BCUT2D eigenvalue weighted by atomic mass is 35.5. The quantitative estimate of drug-likeness (QED) is 0.640. The van der Waals surface area contributed by atoms with Crippen LogP contribution < -0.4 is 5.32 Å². The smallest absolute Gasteiger partial charge is 0.405 e. The molecular formula is C6H10ClNO3. The molecule has 0 saturated heterocycles. The van der Waals surface area contributed by atoms with Gasteiger partial charge in [-0.25, -0.2) is 4.79 Å². The summed E-state index contributed by atoms with van der Waals surface area (Å²) in [6.07, 6.45) is -1.17. The number of carbonyl (C=O) groups excluding carboxylic acids is 1. The van der Waals surface area contributed by atoms with Gasteiger partial charge in [0.1, 0.15) is 0 Å². The molecule has 0 heterocycles. The van der Waals surface area contributed by atoms with E-state index in [1.54, 1.807) is 13.8 Å². The molecule has 0 saturated carbocycles. The molecule has 0 fully saturated rings. The maximum Gasteiger partial charge on any atom is 0.405 e. The van der Waals surface area contributed by atoms with Crippen molar-refractivity contribution in [2.75, 3.05) is 0 Å². The number of nitrogens with one attached hydrogen (secondary N) is 1. The number of halogens is 1. The van der Waals surface area contributed by atoms with E-state index in [9.17, 15) is 9.59 Å². The molecule has 0 aromatic carbocycles. The van der Waals surface area contributed by atoms with Crippen LogP contribution in [0.2, 0.25) is 0 Å². The van der Waals surface area contributed by atoms with Crippen LogP contribution in [0.3, 0.4) is 0 Å². The third-order valence-corrected chi connectivity index (χ3v) is 1.16. The molecule has 0 aliphatic rings. The SMILES string of the molecule is CC(C)(CC(=O)Cl)NC(=O)O. The van der Waals surface area contributed by atoms with Crippen molar-refractivity contribution in [3.63, 3.8) is 0 Å². The number of carboxylic acid groups (broad SMARTS) is 1. The Labute approximate surface area is 69.5 Å². The monoisotopic (exact) mass is 179 g/mol. The Balaban J connectivity index is 3.99. The molecule has 64 valence electrons. The second-order valence-corrected chi connectivity index (χ2v) is 3.27. The molecule has 0 spiro atoms. The van der Waals surface area contributed by atoms with Gasteiger partial charge in [-0.15, -0.1) is 0 Å². The van der Waals surface area contributed by atoms with Crippen LogP contribution in [0.1, 0.15) is 20.3 Å². The maximum atomic E-state index is 10.4. The summed E-state index contributed by atoms with van der Waals surface area (Å²) in [4.78, 5) is 20.5. The second-order valence-electron chi connectivity index (χ2n) is 2.85. The molecule has 0 aromatic heterocycles. The van der Waals surface area contributed by atoms with Gasteiger partial charge in [-0.05, 0) is 25.4 Å². The minimum absolute atomic E-state index is 0.0130. The number of carbonyl (C=O) groups is 2. The van der Waals surface area contributed by atoms with Gasteiger partial charge in [0.15, 0.2) is 0 Å². The lowest BCUT2D eigenvalue weighted by Crippen LogP contribution is -2.43. The first-order valence-electron chi connectivity index (χ1n) is 3.03. The highest BCUT2D eigenvalue weighted by Gasteiger charge is 2.22. The van der Waals surface area contributed by atoms with E-state index in [1.807, 2.05) is 0 Å². The van der Waals surface area contributed by atoms with Gasteiger partial charge in [0.05, 0.1) is 0 Å². The van der Waals surface area contributed by atoms with Crippen molar-refractivity contribution in [1.29, 1.82) is 0 Å². The lowest BCUT2D eigenvalue weighted by Gasteiger charge is -2.21. The van der Waals surface area contributed by atoms with Crippen molar-refractivity contribution in [3.05, 3.63) is 0 Å². The first kappa shape index (κ1) is 10.2. The molecule has 0 aliphatic heterocycles. The van der Waals surface area contributed by atoms with Crippen LogP contribution in [0.5, 0.6) is 0 Å². The molecular weight excluding hydrogens is 170 g/mol. The molecule has 0 rings (SSSR count). The Kier molecular flexibility index (Phi) is 3.32. The normalized spacial score (nSPS) is 10.8. The molecule has 0 radical (unpaired) electrons. The highest BCUT2D eigenvalue weighted by molar-refractivity contribution is 6.63. The van der Waals surface area contributed by atoms with Gasteiger partial charge in [-0.1, -0.05) is 0 Å². The largest absolute Gasteiger partial charge is 0.465 e. The van der Waals surface area contributed by atoms with Crippen molar-refractivity contribution in [3.8, 4) is 0 Å². The lowest BCUT2D eigenvalue weighted by atomic mass is 10.0. The molecule has 0 bridgehead atoms. The molecule has 11 heavy (non-hydrogen) atoms. The number of rotatable bonds is 3. The van der Waals surface area contributed by atoms with E-state index in [0.29, 0.717) is 0 Å². The van der Waals surface area contributed by atoms with Crippen molar-refractivity contribution in [1.82, 2.24) is 5.32 Å². The predicted molar refractivity (Wildman–Crippen MR) is 40.7 cm³/mol. The van der Waals surface area contributed by atoms with Crippen LogP contribution in [-0.4, -0.2) is 22.0 Å². The molecule has 0 aromatic rings. The minimum Gasteiger partial charge on any atom is -0.465 e. The summed E-state index contributed by atoms with van der Waals surface area (Å²) in [6.45, 7) is 3.17. The molecule has 2 N–H and O–H groups in total. The maximum absolute atomic E-state index is 10.4. The van der Waals surface area contributed by atoms with Crippen molar-refractivity contribution < 1.29 is 14.7 Å². The Morgan fingerprint density at radius 2 is 2.00 bits per heavy atom. The summed E-state index contributed by atoms with van der Waals surface area (Å²) in [6, 6.07) is 0. The molecule has 4 nitrogen and oxygen atoms in total. The Morgan fingerprint density at radius 1 is 1.55 bits per heavy atom. The van der Waals surface area contributed by atoms with Gasteiger partial charge in [0.25, 0.3) is 0 Å². The predicted octanol–water partition coefficient (Wildman–Crippen LogP) is 1.19. The zero-order valence-corrected chi connectivity index (χ0v) is 7.10. The van der Waals surface area contributed by atoms with Crippen LogP contribution in [0, 0.1) is 0 Å². The number of hydrogen-bond acceptors (Lipinski definition) is 2. The fourth-order valence-electron chi connectivity index (χ4n) is 0.681. The summed E-state index contributed by atoms with van der Waals surface area (Å²) < 4.78 is 0. The Bertz CT molecular complexity index is 161. The van der Waals surface area contributed by atoms with Crippen molar-refractivity contribution in [2.45, 2.75) is 25.8 Å². The van der Waals surface area contributed by atoms with E-state index in [1.165, 1.54) is 0 Å². The summed E-state index contributed by atoms with van der Waals surface area (Å²) in [5.74, 6) is 0. The average Bonchev–Trinajstić information content (AvgIpc) is 1.53. The van der Waals surface area contributed by atoms with Gasteiger partial charge in [0.2, 0.25) is 5.24 Å². The molecule has 5 heteroatoms. The average molecular weight is 180 g/mol. The first-order chi connectivity index (χ1) is 4.83. The third-order valence-electron chi connectivity index (χ3n) is 1.03. The van der Waals surface area contributed by atoms with Crippen LogP contribution in [0.25, 0.3) is 0 Å². The zero-order chi connectivity index (χ0) is 9.07. The molecule has 0 atom stereocenters. The minimum atomic E-state index is -1.16. The van der Waals surface area contributed by atoms with Gasteiger partial charge in [0, 0.05) is 12.0 Å². The zero-order valence-electron chi connectivity index (χ0n) is 6.35. The summed E-state index contributed by atoms with van der Waals surface area (Å²) >= 11 is 5.07. The van der Waals surface area contributed by atoms with Gasteiger partial charge >= 0.3 is 6.09 Å². The molecule has 0 aliphatic carbocycles. The van der Waals surface area contributed by atoms with Crippen molar-refractivity contribution >= 4 is 22.9 Å². The fraction of sp³-hybridized carbons (Fsp3) is 0.667. The number of hydrogen-bond donors (Lipinski definition) is 2. The third kappa shape index (κ3) is 5.66. The van der Waals surface area contributed by atoms with Gasteiger partial charge < -0.3 is 10.4 Å². The molecule has 1 amide bonds. The highest BCUT2D eigenvalue weighted by Crippen LogP contribution is 2.09. The van der Waals surface area contributed by atoms with E-state index in [2.05, 4.69) is 5.32 Å². The van der Waals surface area contributed by atoms with E-state index >= 15 is 0 Å². The Morgan fingerprint density at radius 3 is 2.27 bits per heavy atom. The summed E-state index contributed by atoms with van der Waals surface area (Å²) in [5, 5.41) is 9.91. The van der Waals surface area contributed by atoms with Crippen LogP contribution >= 0.6 is 11.6 Å². The van der Waals surface area contributed by atoms with Crippen LogP contribution in [0.4, 0.5) is 4.79 Å². The van der Waals surface area contributed by atoms with Gasteiger partial charge in [-0.2, -0.15) is 0 Å². The standard InChI is InChI=1S/C6H10ClNO3/c1-6(2,3-4(7)9)8-5(10)11/h8H,3H2,1-2H3,(H,10,11). The summed E-state index contributed by atoms with van der Waals surface area (Å²) in [5.41, 5.74) is -0.787. The summed E-state index contributed by atoms with van der Waals surface area (Å²) in [7, 11) is 0.